The Morgan fingerprint density at radius 3 is 2.80 bits per heavy atom. The molecule has 0 aliphatic rings. The standard InChI is InChI=1S/C26H23BrN6OS/c1-3-4-5-11-33-16-29-24(28)22-25(33)31-26(30-22)35-21-14-19(27)13-18-10-12-32(23(18)21)15-17-6-8-20(34-2)9-7-17/h1,6-10,12-14,16,28H,4-5,11,15H2,2H3,(H,30,31). The van der Waals surface area contributed by atoms with Gasteiger partial charge in [-0.05, 0) is 54.1 Å². The lowest BCUT2D eigenvalue weighted by Gasteiger charge is -2.10. The normalized spacial score (nSPS) is 11.2. The Balaban J connectivity index is 1.51. The zero-order chi connectivity index (χ0) is 24.4. The van der Waals surface area contributed by atoms with E-state index in [2.05, 4.69) is 72.9 Å². The minimum atomic E-state index is 0.176. The number of aromatic amines is 1. The van der Waals surface area contributed by atoms with Crippen molar-refractivity contribution in [3.8, 4) is 18.1 Å². The number of ether oxygens (including phenoxy) is 1. The van der Waals surface area contributed by atoms with Crippen LogP contribution >= 0.6 is 27.7 Å². The van der Waals surface area contributed by atoms with E-state index in [1.54, 1.807) is 25.2 Å². The van der Waals surface area contributed by atoms with Crippen molar-refractivity contribution >= 4 is 49.8 Å². The Bertz CT molecular complexity index is 1610. The summed E-state index contributed by atoms with van der Waals surface area (Å²) in [5.74, 6) is 3.51. The number of hydrogen-bond acceptors (Lipinski definition) is 5. The third kappa shape index (κ3) is 4.85. The van der Waals surface area contributed by atoms with Crippen LogP contribution in [0.1, 0.15) is 18.4 Å². The molecule has 5 aromatic rings. The number of benzene rings is 2. The monoisotopic (exact) mass is 546 g/mol. The van der Waals surface area contributed by atoms with Gasteiger partial charge in [-0.1, -0.05) is 28.1 Å². The molecule has 0 saturated carbocycles. The highest BCUT2D eigenvalue weighted by molar-refractivity contribution is 9.10. The molecule has 2 N–H and O–H groups in total. The Hall–Kier alpha value is -3.48. The summed E-state index contributed by atoms with van der Waals surface area (Å²) in [7, 11) is 1.67. The van der Waals surface area contributed by atoms with Gasteiger partial charge in [0.1, 0.15) is 11.3 Å². The van der Waals surface area contributed by atoms with E-state index in [1.807, 2.05) is 16.7 Å². The first-order valence-corrected chi connectivity index (χ1v) is 12.7. The van der Waals surface area contributed by atoms with Crippen LogP contribution in [-0.2, 0) is 13.1 Å². The molecule has 0 fully saturated rings. The number of terminal acetylenes is 1. The highest BCUT2D eigenvalue weighted by Gasteiger charge is 2.15. The van der Waals surface area contributed by atoms with Gasteiger partial charge in [-0.25, -0.2) is 9.97 Å². The number of halogens is 1. The van der Waals surface area contributed by atoms with Crippen LogP contribution in [0.15, 0.2) is 69.5 Å². The van der Waals surface area contributed by atoms with Gasteiger partial charge in [-0.15, -0.1) is 12.3 Å². The lowest BCUT2D eigenvalue weighted by Crippen LogP contribution is -2.12. The van der Waals surface area contributed by atoms with Crippen molar-refractivity contribution in [1.29, 1.82) is 5.41 Å². The summed E-state index contributed by atoms with van der Waals surface area (Å²) in [6, 6.07) is 14.5. The first-order valence-electron chi connectivity index (χ1n) is 11.1. The fraction of sp³-hybridized carbons (Fsp3) is 0.192. The Kier molecular flexibility index (Phi) is 6.66. The Morgan fingerprint density at radius 2 is 2.03 bits per heavy atom. The summed E-state index contributed by atoms with van der Waals surface area (Å²) in [6.45, 7) is 1.44. The molecule has 0 radical (unpaired) electrons. The van der Waals surface area contributed by atoms with Crippen LogP contribution in [0.3, 0.4) is 0 Å². The van der Waals surface area contributed by atoms with Crippen molar-refractivity contribution in [3.63, 3.8) is 0 Å². The van der Waals surface area contributed by atoms with Crippen molar-refractivity contribution < 1.29 is 4.74 Å². The first-order chi connectivity index (χ1) is 17.1. The number of nitrogens with one attached hydrogen (secondary N) is 2. The first kappa shape index (κ1) is 23.3. The van der Waals surface area contributed by atoms with Crippen molar-refractivity contribution in [3.05, 3.63) is 70.5 Å². The van der Waals surface area contributed by atoms with Crippen molar-refractivity contribution in [1.82, 2.24) is 24.1 Å². The maximum Gasteiger partial charge on any atom is 0.173 e. The number of fused-ring (bicyclic) bond motifs is 2. The maximum absolute atomic E-state index is 8.24. The average molecular weight is 547 g/mol. The molecule has 0 unspecified atom stereocenters. The number of imidazole rings is 1. The van der Waals surface area contributed by atoms with Gasteiger partial charge in [0.15, 0.2) is 16.3 Å². The molecule has 0 saturated heterocycles. The molecule has 0 amide bonds. The number of methoxy groups -OCH3 is 1. The summed E-state index contributed by atoms with van der Waals surface area (Å²) in [5, 5.41) is 10.1. The molecule has 0 bridgehead atoms. The molecule has 9 heteroatoms. The van der Waals surface area contributed by atoms with E-state index in [0.717, 1.165) is 39.0 Å². The third-order valence-electron chi connectivity index (χ3n) is 5.73. The van der Waals surface area contributed by atoms with E-state index < -0.39 is 0 Å². The summed E-state index contributed by atoms with van der Waals surface area (Å²) < 4.78 is 10.5. The molecule has 3 heterocycles. The number of aromatic nitrogens is 5. The fourth-order valence-electron chi connectivity index (χ4n) is 4.04. The van der Waals surface area contributed by atoms with Gasteiger partial charge < -0.3 is 18.9 Å². The Labute approximate surface area is 215 Å². The fourth-order valence-corrected chi connectivity index (χ4v) is 5.68. The molecular formula is C26H23BrN6OS. The number of aryl methyl sites for hydroxylation is 1. The summed E-state index contributed by atoms with van der Waals surface area (Å²) in [5.41, 5.74) is 3.82. The molecule has 0 atom stereocenters. The highest BCUT2D eigenvalue weighted by Crippen LogP contribution is 2.36. The second-order valence-corrected chi connectivity index (χ2v) is 10.0. The molecule has 35 heavy (non-hydrogen) atoms. The van der Waals surface area contributed by atoms with Gasteiger partial charge in [0.25, 0.3) is 0 Å². The van der Waals surface area contributed by atoms with Crippen LogP contribution in [-0.4, -0.2) is 31.2 Å². The van der Waals surface area contributed by atoms with Gasteiger partial charge in [0.05, 0.1) is 19.0 Å². The lowest BCUT2D eigenvalue weighted by molar-refractivity contribution is 0.414. The minimum absolute atomic E-state index is 0.176. The van der Waals surface area contributed by atoms with Crippen molar-refractivity contribution in [2.75, 3.05) is 7.11 Å². The maximum atomic E-state index is 8.24. The molecule has 3 aromatic heterocycles. The number of rotatable bonds is 8. The van der Waals surface area contributed by atoms with Crippen LogP contribution in [0.2, 0.25) is 0 Å². The van der Waals surface area contributed by atoms with Gasteiger partial charge in [-0.3, -0.25) is 5.41 Å². The van der Waals surface area contributed by atoms with Crippen LogP contribution in [0.4, 0.5) is 0 Å². The molecule has 5 rings (SSSR count). The second-order valence-electron chi connectivity index (χ2n) is 8.07. The smallest absolute Gasteiger partial charge is 0.173 e. The third-order valence-corrected chi connectivity index (χ3v) is 7.10. The topological polar surface area (TPSA) is 84.5 Å². The Morgan fingerprint density at radius 1 is 1.20 bits per heavy atom. The number of H-pyrrole nitrogens is 1. The number of unbranched alkanes of at least 4 members (excludes halogenated alkanes) is 1. The predicted octanol–water partition coefficient (Wildman–Crippen LogP) is 5.58. The summed E-state index contributed by atoms with van der Waals surface area (Å²) >= 11 is 5.20. The van der Waals surface area contributed by atoms with E-state index in [1.165, 1.54) is 5.56 Å². The summed E-state index contributed by atoms with van der Waals surface area (Å²) in [6.07, 6.45) is 10.7. The van der Waals surface area contributed by atoms with E-state index in [-0.39, 0.29) is 5.49 Å². The largest absolute Gasteiger partial charge is 0.497 e. The minimum Gasteiger partial charge on any atom is -0.497 e. The predicted molar refractivity (Wildman–Crippen MR) is 142 cm³/mol. The van der Waals surface area contributed by atoms with Gasteiger partial charge in [-0.2, -0.15) is 0 Å². The molecule has 176 valence electrons. The summed E-state index contributed by atoms with van der Waals surface area (Å²) in [4.78, 5) is 13.4. The van der Waals surface area contributed by atoms with Gasteiger partial charge in [0.2, 0.25) is 0 Å². The molecule has 0 aliphatic carbocycles. The van der Waals surface area contributed by atoms with E-state index in [4.69, 9.17) is 21.6 Å². The van der Waals surface area contributed by atoms with E-state index in [0.29, 0.717) is 29.3 Å². The molecule has 2 aromatic carbocycles. The molecule has 7 nitrogen and oxygen atoms in total. The van der Waals surface area contributed by atoms with Crippen LogP contribution in [0.25, 0.3) is 22.1 Å². The van der Waals surface area contributed by atoms with Crippen LogP contribution < -0.4 is 10.2 Å². The molecular weight excluding hydrogens is 524 g/mol. The second kappa shape index (κ2) is 10.0. The lowest BCUT2D eigenvalue weighted by atomic mass is 10.2. The molecule has 0 aliphatic heterocycles. The van der Waals surface area contributed by atoms with Gasteiger partial charge in [0, 0.05) is 40.5 Å². The SMILES string of the molecule is C#CCCCn1cnc(=N)c2[nH]c(Sc3cc(Br)cc4ccn(Cc5ccc(OC)cc5)c34)nc21. The molecule has 0 spiro atoms. The number of hydrogen-bond donors (Lipinski definition) is 2. The van der Waals surface area contributed by atoms with Crippen LogP contribution in [0.5, 0.6) is 5.75 Å². The van der Waals surface area contributed by atoms with Gasteiger partial charge >= 0.3 is 0 Å². The zero-order valence-corrected chi connectivity index (χ0v) is 21.5. The number of nitrogens with zero attached hydrogens (tertiary/aromatic N) is 4. The highest BCUT2D eigenvalue weighted by atomic mass is 79.9. The average Bonchev–Trinajstić information content (AvgIpc) is 3.46. The quantitative estimate of drug-likeness (QED) is 0.196. The van der Waals surface area contributed by atoms with E-state index >= 15 is 0 Å². The zero-order valence-electron chi connectivity index (χ0n) is 19.1. The van der Waals surface area contributed by atoms with Crippen molar-refractivity contribution in [2.24, 2.45) is 0 Å². The van der Waals surface area contributed by atoms with Crippen molar-refractivity contribution in [2.45, 2.75) is 36.0 Å². The van der Waals surface area contributed by atoms with E-state index in [9.17, 15) is 0 Å². The van der Waals surface area contributed by atoms with Crippen LogP contribution in [0, 0.1) is 17.8 Å².